The Bertz CT molecular complexity index is 756. The molecular weight excluding hydrogens is 342 g/mol. The number of hydrogen-bond donors (Lipinski definition) is 0. The van der Waals surface area contributed by atoms with Crippen LogP contribution in [-0.4, -0.2) is 39.2 Å². The van der Waals surface area contributed by atoms with Gasteiger partial charge >= 0.3 is 0 Å². The summed E-state index contributed by atoms with van der Waals surface area (Å²) in [6, 6.07) is 15.0. The zero-order valence-electron chi connectivity index (χ0n) is 14.2. The number of benzene rings is 2. The van der Waals surface area contributed by atoms with Crippen LogP contribution in [0.5, 0.6) is 5.75 Å². The molecule has 0 radical (unpaired) electrons. The number of thioether (sulfide) groups is 1. The molecule has 0 amide bonds. The molecular formula is C18H23NO3S2. The van der Waals surface area contributed by atoms with Crippen LogP contribution in [0, 0.1) is 6.92 Å². The van der Waals surface area contributed by atoms with Crippen molar-refractivity contribution in [1.29, 1.82) is 0 Å². The maximum atomic E-state index is 12.0. The molecule has 0 aliphatic heterocycles. The smallest absolute Gasteiger partial charge is 0.242 e. The number of ether oxygens (including phenoxy) is 1. The molecule has 0 unspecified atom stereocenters. The van der Waals surface area contributed by atoms with Crippen molar-refractivity contribution < 1.29 is 13.2 Å². The molecule has 130 valence electrons. The van der Waals surface area contributed by atoms with E-state index in [2.05, 4.69) is 31.2 Å². The van der Waals surface area contributed by atoms with E-state index >= 15 is 0 Å². The Hall–Kier alpha value is -1.50. The first-order valence-electron chi connectivity index (χ1n) is 7.68. The average molecular weight is 366 g/mol. The molecule has 24 heavy (non-hydrogen) atoms. The highest BCUT2D eigenvalue weighted by molar-refractivity contribution is 7.98. The molecule has 2 aromatic carbocycles. The molecule has 0 heterocycles. The molecule has 0 aliphatic carbocycles. The van der Waals surface area contributed by atoms with E-state index in [9.17, 15) is 8.42 Å². The van der Waals surface area contributed by atoms with Crippen LogP contribution in [0.1, 0.15) is 11.1 Å². The third kappa shape index (κ3) is 5.26. The summed E-state index contributed by atoms with van der Waals surface area (Å²) in [5.74, 6) is 2.53. The van der Waals surface area contributed by atoms with E-state index in [1.54, 1.807) is 24.3 Å². The van der Waals surface area contributed by atoms with Crippen molar-refractivity contribution >= 4 is 21.8 Å². The highest BCUT2D eigenvalue weighted by Crippen LogP contribution is 2.19. The van der Waals surface area contributed by atoms with Gasteiger partial charge in [-0.1, -0.05) is 29.8 Å². The van der Waals surface area contributed by atoms with E-state index in [0.717, 1.165) is 11.5 Å². The van der Waals surface area contributed by atoms with Crippen molar-refractivity contribution in [2.24, 2.45) is 0 Å². The lowest BCUT2D eigenvalue weighted by Crippen LogP contribution is -2.22. The summed E-state index contributed by atoms with van der Waals surface area (Å²) in [6.07, 6.45) is 0. The maximum Gasteiger partial charge on any atom is 0.242 e. The van der Waals surface area contributed by atoms with Crippen LogP contribution >= 0.6 is 11.8 Å². The minimum atomic E-state index is -3.38. The van der Waals surface area contributed by atoms with E-state index in [-0.39, 0.29) is 4.90 Å². The van der Waals surface area contributed by atoms with E-state index in [1.807, 2.05) is 11.8 Å². The zero-order valence-corrected chi connectivity index (χ0v) is 15.9. The summed E-state index contributed by atoms with van der Waals surface area (Å²) in [5.41, 5.74) is 2.59. The molecule has 0 saturated carbocycles. The molecule has 0 atom stereocenters. The van der Waals surface area contributed by atoms with E-state index < -0.39 is 10.0 Å². The first-order valence-corrected chi connectivity index (χ1v) is 10.3. The third-order valence-corrected chi connectivity index (χ3v) is 6.27. The molecule has 0 N–H and O–H groups in total. The molecule has 0 bridgehead atoms. The van der Waals surface area contributed by atoms with Gasteiger partial charge in [0.25, 0.3) is 0 Å². The maximum absolute atomic E-state index is 12.0. The zero-order chi connectivity index (χ0) is 17.6. The van der Waals surface area contributed by atoms with Gasteiger partial charge in [0.15, 0.2) is 0 Å². The van der Waals surface area contributed by atoms with Crippen molar-refractivity contribution in [3.05, 3.63) is 59.7 Å². The minimum Gasteiger partial charge on any atom is -0.493 e. The average Bonchev–Trinajstić information content (AvgIpc) is 2.55. The number of aryl methyl sites for hydroxylation is 1. The topological polar surface area (TPSA) is 46.6 Å². The van der Waals surface area contributed by atoms with E-state index in [4.69, 9.17) is 4.74 Å². The Morgan fingerprint density at radius 3 is 2.42 bits per heavy atom. The molecule has 6 heteroatoms. The van der Waals surface area contributed by atoms with Crippen molar-refractivity contribution in [2.45, 2.75) is 17.6 Å². The lowest BCUT2D eigenvalue weighted by molar-refractivity contribution is 0.343. The Labute approximate surface area is 148 Å². The van der Waals surface area contributed by atoms with Crippen LogP contribution in [0.3, 0.4) is 0 Å². The van der Waals surface area contributed by atoms with Gasteiger partial charge in [0, 0.05) is 25.6 Å². The van der Waals surface area contributed by atoms with E-state index in [1.165, 1.54) is 29.5 Å². The second-order valence-electron chi connectivity index (χ2n) is 5.65. The van der Waals surface area contributed by atoms with Crippen LogP contribution in [0.25, 0.3) is 0 Å². The predicted octanol–water partition coefficient (Wildman–Crippen LogP) is 3.56. The third-order valence-electron chi connectivity index (χ3n) is 3.45. The van der Waals surface area contributed by atoms with Crippen molar-refractivity contribution in [3.63, 3.8) is 0 Å². The first-order chi connectivity index (χ1) is 11.4. The van der Waals surface area contributed by atoms with Crippen molar-refractivity contribution in [3.8, 4) is 5.75 Å². The fourth-order valence-corrected chi connectivity index (χ4v) is 3.79. The van der Waals surface area contributed by atoms with Crippen LogP contribution < -0.4 is 4.74 Å². The van der Waals surface area contributed by atoms with Gasteiger partial charge in [0.05, 0.1) is 11.5 Å². The van der Waals surface area contributed by atoms with Gasteiger partial charge < -0.3 is 4.74 Å². The SMILES string of the molecule is Cc1cccc(CSCCOc2ccc(S(=O)(=O)N(C)C)cc2)c1. The molecule has 0 aromatic heterocycles. The predicted molar refractivity (Wildman–Crippen MR) is 100 cm³/mol. The van der Waals surface area contributed by atoms with Crippen LogP contribution in [0.15, 0.2) is 53.4 Å². The van der Waals surface area contributed by atoms with Gasteiger partial charge in [-0.25, -0.2) is 12.7 Å². The lowest BCUT2D eigenvalue weighted by atomic mass is 10.2. The Morgan fingerprint density at radius 1 is 1.08 bits per heavy atom. The van der Waals surface area contributed by atoms with Crippen molar-refractivity contribution in [2.75, 3.05) is 26.5 Å². The van der Waals surface area contributed by atoms with Gasteiger partial charge in [0.2, 0.25) is 10.0 Å². The number of sulfonamides is 1. The lowest BCUT2D eigenvalue weighted by Gasteiger charge is -2.12. The molecule has 0 fully saturated rings. The molecule has 0 spiro atoms. The fourth-order valence-electron chi connectivity index (χ4n) is 2.13. The summed E-state index contributed by atoms with van der Waals surface area (Å²) >= 11 is 1.82. The Kier molecular flexibility index (Phi) is 6.71. The largest absolute Gasteiger partial charge is 0.493 e. The normalized spacial score (nSPS) is 11.7. The quantitative estimate of drug-likeness (QED) is 0.671. The Morgan fingerprint density at radius 2 is 1.79 bits per heavy atom. The molecule has 0 aliphatic rings. The summed E-state index contributed by atoms with van der Waals surface area (Å²) < 4.78 is 30.8. The number of rotatable bonds is 8. The van der Waals surface area contributed by atoms with Gasteiger partial charge in [-0.3, -0.25) is 0 Å². The second-order valence-corrected chi connectivity index (χ2v) is 8.91. The van der Waals surface area contributed by atoms with Crippen molar-refractivity contribution in [1.82, 2.24) is 4.31 Å². The number of hydrogen-bond acceptors (Lipinski definition) is 4. The highest BCUT2D eigenvalue weighted by Gasteiger charge is 2.16. The standard InChI is InChI=1S/C18H23NO3S2/c1-15-5-4-6-16(13-15)14-23-12-11-22-17-7-9-18(10-8-17)24(20,21)19(2)3/h4-10,13H,11-12,14H2,1-3H3. The monoisotopic (exact) mass is 365 g/mol. The number of nitrogens with zero attached hydrogens (tertiary/aromatic N) is 1. The summed E-state index contributed by atoms with van der Waals surface area (Å²) in [6.45, 7) is 2.69. The van der Waals surface area contributed by atoms with Gasteiger partial charge in [0.1, 0.15) is 5.75 Å². The van der Waals surface area contributed by atoms with Gasteiger partial charge in [-0.05, 0) is 36.8 Å². The molecule has 2 aromatic rings. The Balaban J connectivity index is 1.77. The summed E-state index contributed by atoms with van der Waals surface area (Å²) in [5, 5.41) is 0. The van der Waals surface area contributed by atoms with Gasteiger partial charge in [-0.15, -0.1) is 0 Å². The molecule has 4 nitrogen and oxygen atoms in total. The summed E-state index contributed by atoms with van der Waals surface area (Å²) in [4.78, 5) is 0.272. The van der Waals surface area contributed by atoms with Gasteiger partial charge in [-0.2, -0.15) is 11.8 Å². The van der Waals surface area contributed by atoms with Crippen LogP contribution in [0.4, 0.5) is 0 Å². The van der Waals surface area contributed by atoms with E-state index in [0.29, 0.717) is 12.4 Å². The molecule has 2 rings (SSSR count). The van der Waals surface area contributed by atoms with Crippen LogP contribution in [0.2, 0.25) is 0 Å². The molecule has 0 saturated heterocycles. The summed E-state index contributed by atoms with van der Waals surface area (Å²) in [7, 11) is -0.345. The fraction of sp³-hybridized carbons (Fsp3) is 0.333. The highest BCUT2D eigenvalue weighted by atomic mass is 32.2. The first kappa shape index (κ1) is 18.8. The second kappa shape index (κ2) is 8.55. The van der Waals surface area contributed by atoms with Crippen LogP contribution in [-0.2, 0) is 15.8 Å². The minimum absolute atomic E-state index is 0.272.